The van der Waals surface area contributed by atoms with E-state index in [2.05, 4.69) is 15.3 Å². The summed E-state index contributed by atoms with van der Waals surface area (Å²) in [5.41, 5.74) is 2.14. The van der Waals surface area contributed by atoms with Crippen LogP contribution < -0.4 is 5.32 Å². The third-order valence-corrected chi connectivity index (χ3v) is 9.25. The van der Waals surface area contributed by atoms with Crippen molar-refractivity contribution in [3.8, 4) is 11.3 Å². The van der Waals surface area contributed by atoms with E-state index in [4.69, 9.17) is 9.72 Å². The number of alkyl halides is 3. The van der Waals surface area contributed by atoms with Crippen LogP contribution in [0, 0.1) is 11.7 Å². The predicted octanol–water partition coefficient (Wildman–Crippen LogP) is 7.52. The van der Waals surface area contributed by atoms with Crippen molar-refractivity contribution in [2.24, 2.45) is 5.92 Å². The summed E-state index contributed by atoms with van der Waals surface area (Å²) in [6.07, 6.45) is -0.562. The first-order chi connectivity index (χ1) is 20.9. The lowest BCUT2D eigenvalue weighted by molar-refractivity contribution is -0.156. The van der Waals surface area contributed by atoms with Gasteiger partial charge in [0.15, 0.2) is 9.84 Å². The van der Waals surface area contributed by atoms with Gasteiger partial charge in [0.2, 0.25) is 5.95 Å². The van der Waals surface area contributed by atoms with Crippen molar-refractivity contribution in [1.29, 1.82) is 0 Å². The summed E-state index contributed by atoms with van der Waals surface area (Å²) in [7, 11) is -4.16. The fourth-order valence-electron chi connectivity index (χ4n) is 5.42. The highest BCUT2D eigenvalue weighted by Gasteiger charge is 2.30. The predicted molar refractivity (Wildman–Crippen MR) is 165 cm³/mol. The summed E-state index contributed by atoms with van der Waals surface area (Å²) in [5, 5.41) is 3.42. The van der Waals surface area contributed by atoms with Crippen LogP contribution >= 0.6 is 0 Å². The minimum atomic E-state index is -4.62. The summed E-state index contributed by atoms with van der Waals surface area (Å²) in [4.78, 5) is 26.1. The van der Waals surface area contributed by atoms with Crippen LogP contribution in [0.4, 0.5) is 23.5 Å². The number of pyridine rings is 1. The lowest BCUT2D eigenvalue weighted by atomic mass is 9.84. The molecule has 246 valence electrons. The van der Waals surface area contributed by atoms with Gasteiger partial charge in [-0.2, -0.15) is 13.2 Å². The molecule has 1 aliphatic carbocycles. The summed E-state index contributed by atoms with van der Waals surface area (Å²) >= 11 is 0. The van der Waals surface area contributed by atoms with E-state index in [1.165, 1.54) is 12.1 Å². The summed E-state index contributed by atoms with van der Waals surface area (Å²) < 4.78 is 82.2. The summed E-state index contributed by atoms with van der Waals surface area (Å²) in [6.45, 7) is 9.58. The molecule has 0 saturated heterocycles. The number of hydrogen-bond acceptors (Lipinski definition) is 8. The molecule has 0 atom stereocenters. The minimum Gasteiger partial charge on any atom is -0.460 e. The number of rotatable bonds is 10. The maximum Gasteiger partial charge on any atom is 0.390 e. The molecule has 0 spiro atoms. The van der Waals surface area contributed by atoms with E-state index in [0.717, 1.165) is 37.3 Å². The molecule has 2 heterocycles. The molecule has 1 aliphatic rings. The van der Waals surface area contributed by atoms with Gasteiger partial charge in [0.05, 0.1) is 35.3 Å². The van der Waals surface area contributed by atoms with Gasteiger partial charge < -0.3 is 10.1 Å². The first-order valence-electron chi connectivity index (χ1n) is 15.1. The Labute approximate surface area is 261 Å². The number of anilines is 1. The van der Waals surface area contributed by atoms with Gasteiger partial charge in [-0.3, -0.25) is 4.79 Å². The smallest absolute Gasteiger partial charge is 0.390 e. The number of carbonyl (C=O) groups is 1. The van der Waals surface area contributed by atoms with Gasteiger partial charge >= 0.3 is 12.1 Å². The van der Waals surface area contributed by atoms with Gasteiger partial charge in [-0.15, -0.1) is 0 Å². The van der Waals surface area contributed by atoms with E-state index in [9.17, 15) is 30.8 Å². The molecule has 4 rings (SSSR count). The molecule has 8 nitrogen and oxygen atoms in total. The number of nitrogens with one attached hydrogen (secondary N) is 1. The van der Waals surface area contributed by atoms with Crippen LogP contribution in [0.15, 0.2) is 30.5 Å². The highest BCUT2D eigenvalue weighted by atomic mass is 32.2. The highest BCUT2D eigenvalue weighted by molar-refractivity contribution is 7.90. The molecule has 0 unspecified atom stereocenters. The van der Waals surface area contributed by atoms with Gasteiger partial charge in [0.1, 0.15) is 16.9 Å². The fourth-order valence-corrected chi connectivity index (χ4v) is 6.82. The molecule has 1 fully saturated rings. The number of benzene rings is 1. The van der Waals surface area contributed by atoms with Crippen molar-refractivity contribution in [3.05, 3.63) is 47.4 Å². The topological polar surface area (TPSA) is 111 Å². The number of nitrogens with zero attached hydrogens (tertiary/aromatic N) is 3. The average molecular weight is 653 g/mol. The summed E-state index contributed by atoms with van der Waals surface area (Å²) in [6, 6.07) is 5.88. The van der Waals surface area contributed by atoms with Crippen LogP contribution in [0.2, 0.25) is 0 Å². The van der Waals surface area contributed by atoms with Crippen LogP contribution in [0.25, 0.3) is 22.3 Å². The number of ether oxygens (including phenoxy) is 1. The second-order valence-corrected chi connectivity index (χ2v) is 15.3. The third kappa shape index (κ3) is 10.1. The van der Waals surface area contributed by atoms with E-state index in [1.54, 1.807) is 12.3 Å². The Kier molecular flexibility index (Phi) is 10.4. The SMILES string of the molecule is CC(C)c1cc(-c2ccc(CS(=O)(=O)CCC(F)(F)F)c(F)c2)nc2cnc(NC3CCC(CC(=O)OC(C)(C)C)CC3)nc12. The average Bonchev–Trinajstić information content (AvgIpc) is 2.92. The second-order valence-electron chi connectivity index (χ2n) is 13.1. The van der Waals surface area contributed by atoms with Gasteiger partial charge in [-0.25, -0.2) is 27.8 Å². The molecule has 45 heavy (non-hydrogen) atoms. The standard InChI is InChI=1S/C32H40F4N4O4S/c1-19(2)24-16-26(21-8-9-22(25(33)15-21)18-45(42,43)13-12-32(34,35)36)39-27-17-37-30(40-29(24)27)38-23-10-6-20(7-11-23)14-28(41)44-31(3,4)5/h8-9,15-17,19-20,23H,6-7,10-14,18H2,1-5H3,(H,37,38,40). The molecule has 1 saturated carbocycles. The molecule has 0 amide bonds. The zero-order chi connectivity index (χ0) is 33.2. The largest absolute Gasteiger partial charge is 0.460 e. The van der Waals surface area contributed by atoms with Gasteiger partial charge in [0.25, 0.3) is 0 Å². The molecule has 1 N–H and O–H groups in total. The summed E-state index contributed by atoms with van der Waals surface area (Å²) in [5.74, 6) is -2.16. The Balaban J connectivity index is 1.47. The Bertz CT molecular complexity index is 1630. The fraction of sp³-hybridized carbons (Fsp3) is 0.562. The van der Waals surface area contributed by atoms with Crippen LogP contribution in [0.1, 0.15) is 90.2 Å². The number of aromatic nitrogens is 3. The van der Waals surface area contributed by atoms with Gasteiger partial charge in [-0.1, -0.05) is 26.0 Å². The molecular formula is C32H40F4N4O4S. The van der Waals surface area contributed by atoms with E-state index in [0.29, 0.717) is 34.7 Å². The van der Waals surface area contributed by atoms with Crippen molar-refractivity contribution in [1.82, 2.24) is 15.0 Å². The number of halogens is 4. The first kappa shape index (κ1) is 34.5. The number of sulfone groups is 1. The van der Waals surface area contributed by atoms with E-state index in [1.807, 2.05) is 34.6 Å². The van der Waals surface area contributed by atoms with Crippen molar-refractivity contribution in [2.75, 3.05) is 11.1 Å². The third-order valence-electron chi connectivity index (χ3n) is 7.67. The zero-order valence-electron chi connectivity index (χ0n) is 26.2. The van der Waals surface area contributed by atoms with Gasteiger partial charge in [-0.05, 0) is 76.0 Å². The van der Waals surface area contributed by atoms with Crippen molar-refractivity contribution in [3.63, 3.8) is 0 Å². The van der Waals surface area contributed by atoms with E-state index < -0.39 is 45.4 Å². The van der Waals surface area contributed by atoms with Crippen LogP contribution in [0.5, 0.6) is 0 Å². The molecule has 3 aromatic rings. The first-order valence-corrected chi connectivity index (χ1v) is 16.9. The van der Waals surface area contributed by atoms with Crippen molar-refractivity contribution < 1.29 is 35.5 Å². The molecule has 2 aromatic heterocycles. The normalized spacial score (nSPS) is 17.9. The Morgan fingerprint density at radius 1 is 1.07 bits per heavy atom. The molecule has 1 aromatic carbocycles. The maximum atomic E-state index is 15.0. The lowest BCUT2D eigenvalue weighted by Gasteiger charge is -2.29. The van der Waals surface area contributed by atoms with Crippen molar-refractivity contribution >= 4 is 32.8 Å². The van der Waals surface area contributed by atoms with Crippen molar-refractivity contribution in [2.45, 2.75) is 103 Å². The van der Waals surface area contributed by atoms with Gasteiger partial charge in [0, 0.05) is 23.6 Å². The highest BCUT2D eigenvalue weighted by Crippen LogP contribution is 2.32. The van der Waals surface area contributed by atoms with E-state index >= 15 is 0 Å². The number of hydrogen-bond donors (Lipinski definition) is 1. The lowest BCUT2D eigenvalue weighted by Crippen LogP contribution is -2.30. The number of esters is 1. The van der Waals surface area contributed by atoms with E-state index in [-0.39, 0.29) is 29.4 Å². The second kappa shape index (κ2) is 13.6. The maximum absolute atomic E-state index is 15.0. The molecule has 0 radical (unpaired) electrons. The molecular weight excluding hydrogens is 612 g/mol. The monoisotopic (exact) mass is 652 g/mol. The Morgan fingerprint density at radius 2 is 1.76 bits per heavy atom. The molecule has 13 heteroatoms. The molecule has 0 aliphatic heterocycles. The minimum absolute atomic E-state index is 0.0307. The zero-order valence-corrected chi connectivity index (χ0v) is 27.0. The molecule has 0 bridgehead atoms. The quantitative estimate of drug-likeness (QED) is 0.177. The Morgan fingerprint density at radius 3 is 2.36 bits per heavy atom. The van der Waals surface area contributed by atoms with Crippen LogP contribution in [-0.4, -0.2) is 52.9 Å². The number of carbonyl (C=O) groups excluding carboxylic acids is 1. The van der Waals surface area contributed by atoms with Crippen LogP contribution in [-0.2, 0) is 25.1 Å². The number of fused-ring (bicyclic) bond motifs is 1. The Hall–Kier alpha value is -3.35. The van der Waals surface area contributed by atoms with Crippen LogP contribution in [0.3, 0.4) is 0 Å².